The fraction of sp³-hybridized carbons (Fsp3) is 0. The van der Waals surface area contributed by atoms with Crippen LogP contribution in [0.15, 0.2) is 72.8 Å². The van der Waals surface area contributed by atoms with Gasteiger partial charge >= 0.3 is 0 Å². The number of rotatable bonds is 4. The molecule has 3 aromatic rings. The van der Waals surface area contributed by atoms with Gasteiger partial charge in [-0.2, -0.15) is 0 Å². The van der Waals surface area contributed by atoms with Crippen LogP contribution in [0.25, 0.3) is 0 Å². The van der Waals surface area contributed by atoms with Gasteiger partial charge in [-0.1, -0.05) is 30.3 Å². The maximum Gasteiger partial charge on any atom is 0.270 e. The van der Waals surface area contributed by atoms with E-state index in [1.807, 2.05) is 54.6 Å². The van der Waals surface area contributed by atoms with Gasteiger partial charge in [0.1, 0.15) is 5.75 Å². The SMILES string of the molecule is Nc1ccccc1Nc1ccccc1.O=Cc1cc([N+](=O)[O-])ccc1O. The first-order valence-electron chi connectivity index (χ1n) is 7.60. The molecule has 0 saturated heterocycles. The first kappa shape index (κ1) is 18.5. The van der Waals surface area contributed by atoms with E-state index >= 15 is 0 Å². The Balaban J connectivity index is 0.000000190. The molecule has 0 saturated carbocycles. The lowest BCUT2D eigenvalue weighted by Gasteiger charge is -2.08. The third kappa shape index (κ3) is 5.07. The van der Waals surface area contributed by atoms with Gasteiger partial charge in [-0.3, -0.25) is 14.9 Å². The summed E-state index contributed by atoms with van der Waals surface area (Å²) in [4.78, 5) is 19.8. The van der Waals surface area contributed by atoms with Gasteiger partial charge in [-0.05, 0) is 30.3 Å². The summed E-state index contributed by atoms with van der Waals surface area (Å²) in [6.45, 7) is 0. The van der Waals surface area contributed by atoms with Gasteiger partial charge in [0.25, 0.3) is 5.69 Å². The highest BCUT2D eigenvalue weighted by atomic mass is 16.6. The third-order valence-electron chi connectivity index (χ3n) is 3.36. The summed E-state index contributed by atoms with van der Waals surface area (Å²) in [6, 6.07) is 21.0. The molecule has 3 rings (SSSR count). The summed E-state index contributed by atoms with van der Waals surface area (Å²) in [5.41, 5.74) is 8.26. The van der Waals surface area contributed by atoms with Crippen molar-refractivity contribution in [3.05, 3.63) is 88.5 Å². The van der Waals surface area contributed by atoms with Crippen molar-refractivity contribution < 1.29 is 14.8 Å². The zero-order valence-corrected chi connectivity index (χ0v) is 13.7. The Bertz CT molecular complexity index is 898. The van der Waals surface area contributed by atoms with E-state index in [9.17, 15) is 14.9 Å². The first-order chi connectivity index (χ1) is 12.5. The molecule has 3 aromatic carbocycles. The molecule has 132 valence electrons. The van der Waals surface area contributed by atoms with E-state index in [-0.39, 0.29) is 17.0 Å². The number of phenols is 1. The van der Waals surface area contributed by atoms with Crippen LogP contribution in [0.4, 0.5) is 22.7 Å². The molecule has 0 spiro atoms. The van der Waals surface area contributed by atoms with Crippen LogP contribution < -0.4 is 11.1 Å². The number of aldehydes is 1. The molecule has 0 aliphatic carbocycles. The lowest BCUT2D eigenvalue weighted by Crippen LogP contribution is -1.94. The minimum absolute atomic E-state index is 0.0794. The summed E-state index contributed by atoms with van der Waals surface area (Å²) in [6.07, 6.45) is 0.363. The van der Waals surface area contributed by atoms with Crippen LogP contribution in [-0.4, -0.2) is 16.3 Å². The monoisotopic (exact) mass is 351 g/mol. The van der Waals surface area contributed by atoms with Gasteiger partial charge < -0.3 is 16.2 Å². The van der Waals surface area contributed by atoms with Gasteiger partial charge in [0.2, 0.25) is 0 Å². The lowest BCUT2D eigenvalue weighted by molar-refractivity contribution is -0.384. The smallest absolute Gasteiger partial charge is 0.270 e. The van der Waals surface area contributed by atoms with Crippen molar-refractivity contribution in [2.45, 2.75) is 0 Å². The summed E-state index contributed by atoms with van der Waals surface area (Å²) in [5, 5.41) is 22.4. The number of carbonyl (C=O) groups excluding carboxylic acids is 1. The van der Waals surface area contributed by atoms with E-state index in [4.69, 9.17) is 10.8 Å². The number of nitrogen functional groups attached to an aromatic ring is 1. The minimum atomic E-state index is -0.633. The van der Waals surface area contributed by atoms with Gasteiger partial charge in [-0.25, -0.2) is 0 Å². The molecule has 0 aliphatic rings. The third-order valence-corrected chi connectivity index (χ3v) is 3.36. The van der Waals surface area contributed by atoms with Crippen LogP contribution in [0, 0.1) is 10.1 Å². The van der Waals surface area contributed by atoms with Gasteiger partial charge in [0, 0.05) is 17.8 Å². The predicted octanol–water partition coefficient (Wildman–Crippen LogP) is 4.13. The zero-order valence-electron chi connectivity index (χ0n) is 13.7. The second-order valence-electron chi connectivity index (χ2n) is 5.20. The average Bonchev–Trinajstić information content (AvgIpc) is 2.65. The van der Waals surface area contributed by atoms with E-state index in [1.54, 1.807) is 0 Å². The highest BCUT2D eigenvalue weighted by Gasteiger charge is 2.08. The molecule has 4 N–H and O–H groups in total. The van der Waals surface area contributed by atoms with E-state index in [1.165, 1.54) is 0 Å². The van der Waals surface area contributed by atoms with Crippen LogP contribution in [-0.2, 0) is 0 Å². The highest BCUT2D eigenvalue weighted by molar-refractivity contribution is 5.80. The number of para-hydroxylation sites is 3. The molecule has 0 aromatic heterocycles. The number of nitrogens with two attached hydrogens (primary N) is 1. The number of nitro groups is 1. The number of hydrogen-bond acceptors (Lipinski definition) is 6. The fourth-order valence-corrected chi connectivity index (χ4v) is 2.04. The van der Waals surface area contributed by atoms with Crippen molar-refractivity contribution in [1.29, 1.82) is 0 Å². The van der Waals surface area contributed by atoms with E-state index < -0.39 is 4.92 Å². The standard InChI is InChI=1S/C12H12N2.C7H5NO4/c13-11-8-4-5-9-12(11)14-10-6-2-1-3-7-10;9-4-5-3-6(8(11)12)1-2-7(5)10/h1-9,14H,13H2;1-4,10H. The molecule has 26 heavy (non-hydrogen) atoms. The number of hydrogen-bond donors (Lipinski definition) is 3. The Morgan fingerprint density at radius 2 is 1.65 bits per heavy atom. The number of nitrogens with zero attached hydrogens (tertiary/aromatic N) is 1. The number of carbonyl (C=O) groups is 1. The number of non-ortho nitro benzene ring substituents is 1. The first-order valence-corrected chi connectivity index (χ1v) is 7.60. The molecule has 0 bridgehead atoms. The molecule has 0 atom stereocenters. The van der Waals surface area contributed by atoms with Crippen molar-refractivity contribution in [3.63, 3.8) is 0 Å². The Labute approximate surface area is 149 Å². The van der Waals surface area contributed by atoms with Crippen LogP contribution >= 0.6 is 0 Å². The van der Waals surface area contributed by atoms with E-state index in [0.29, 0.717) is 6.29 Å². The number of nitrogens with one attached hydrogen (secondary N) is 1. The van der Waals surface area contributed by atoms with Crippen molar-refractivity contribution >= 4 is 29.0 Å². The van der Waals surface area contributed by atoms with Crippen molar-refractivity contribution in [3.8, 4) is 5.75 Å². The molecular formula is C19H17N3O4. The normalized spacial score (nSPS) is 9.54. The van der Waals surface area contributed by atoms with Gasteiger partial charge in [0.15, 0.2) is 6.29 Å². The molecule has 0 radical (unpaired) electrons. The van der Waals surface area contributed by atoms with Crippen LogP contribution in [0.1, 0.15) is 10.4 Å². The molecule has 7 heteroatoms. The number of aromatic hydroxyl groups is 1. The van der Waals surface area contributed by atoms with Crippen LogP contribution in [0.5, 0.6) is 5.75 Å². The molecule has 0 heterocycles. The number of anilines is 3. The van der Waals surface area contributed by atoms with E-state index in [2.05, 4.69) is 5.32 Å². The second kappa shape index (κ2) is 8.84. The summed E-state index contributed by atoms with van der Waals surface area (Å²) < 4.78 is 0. The number of benzene rings is 3. The average molecular weight is 351 g/mol. The van der Waals surface area contributed by atoms with Crippen LogP contribution in [0.3, 0.4) is 0 Å². The molecule has 0 unspecified atom stereocenters. The van der Waals surface area contributed by atoms with Crippen molar-refractivity contribution in [1.82, 2.24) is 0 Å². The second-order valence-corrected chi connectivity index (χ2v) is 5.20. The van der Waals surface area contributed by atoms with E-state index in [0.717, 1.165) is 35.3 Å². The van der Waals surface area contributed by atoms with Crippen molar-refractivity contribution in [2.24, 2.45) is 0 Å². The Morgan fingerprint density at radius 1 is 1.00 bits per heavy atom. The number of phenolic OH excluding ortho intramolecular Hbond substituents is 1. The molecule has 0 fully saturated rings. The topological polar surface area (TPSA) is 118 Å². The van der Waals surface area contributed by atoms with Gasteiger partial charge in [-0.15, -0.1) is 0 Å². The minimum Gasteiger partial charge on any atom is -0.507 e. The van der Waals surface area contributed by atoms with Gasteiger partial charge in [0.05, 0.1) is 21.9 Å². The lowest BCUT2D eigenvalue weighted by atomic mass is 10.2. The molecule has 7 nitrogen and oxygen atoms in total. The summed E-state index contributed by atoms with van der Waals surface area (Å²) >= 11 is 0. The highest BCUT2D eigenvalue weighted by Crippen LogP contribution is 2.22. The quantitative estimate of drug-likeness (QED) is 0.281. The fourth-order valence-electron chi connectivity index (χ4n) is 2.04. The maximum absolute atomic E-state index is 10.2. The number of nitro benzene ring substituents is 1. The molecular weight excluding hydrogens is 334 g/mol. The molecule has 0 aliphatic heterocycles. The summed E-state index contributed by atoms with van der Waals surface area (Å²) in [5.74, 6) is -0.254. The predicted molar refractivity (Wildman–Crippen MR) is 101 cm³/mol. The summed E-state index contributed by atoms with van der Waals surface area (Å²) in [7, 11) is 0. The Hall–Kier alpha value is -3.87. The zero-order chi connectivity index (χ0) is 18.9. The van der Waals surface area contributed by atoms with Crippen molar-refractivity contribution in [2.75, 3.05) is 11.1 Å². The Kier molecular flexibility index (Phi) is 6.28. The maximum atomic E-state index is 10.2. The Morgan fingerprint density at radius 3 is 2.27 bits per heavy atom. The van der Waals surface area contributed by atoms with Crippen LogP contribution in [0.2, 0.25) is 0 Å². The molecule has 0 amide bonds. The largest absolute Gasteiger partial charge is 0.507 e.